The number of nitrogens with zero attached hydrogens (tertiary/aromatic N) is 5. The first-order valence-corrected chi connectivity index (χ1v) is 15.2. The molecule has 194 valence electrons. The van der Waals surface area contributed by atoms with Crippen LogP contribution in [0.4, 0.5) is 17.3 Å². The maximum atomic E-state index is 13.0. The standard InChI is InChI=1S/C22H29N7O3S4/c1-7-29(8-2)36(31,32)21-15(30)13(11-33-21)23-17-18(26-20-19(25-17)27-35-28-20)24-16(22(4,5)6)14-10-9-12(3)34-14/h9-11,16,30H,7-8H2,1-6H3,(H,23,25,27)(H,24,26,28)/t16-/m0/s1. The van der Waals surface area contributed by atoms with E-state index >= 15 is 0 Å². The van der Waals surface area contributed by atoms with Crippen molar-refractivity contribution in [3.63, 3.8) is 0 Å². The van der Waals surface area contributed by atoms with Crippen molar-refractivity contribution in [3.05, 3.63) is 27.3 Å². The Morgan fingerprint density at radius 2 is 1.72 bits per heavy atom. The highest BCUT2D eigenvalue weighted by Gasteiger charge is 2.31. The Labute approximate surface area is 222 Å². The lowest BCUT2D eigenvalue weighted by Gasteiger charge is -2.31. The van der Waals surface area contributed by atoms with Crippen LogP contribution in [0.1, 0.15) is 50.4 Å². The summed E-state index contributed by atoms with van der Waals surface area (Å²) in [5.41, 5.74) is 0.825. The summed E-state index contributed by atoms with van der Waals surface area (Å²) in [6.07, 6.45) is 0. The quantitative estimate of drug-likeness (QED) is 0.237. The summed E-state index contributed by atoms with van der Waals surface area (Å²) in [6.45, 7) is 12.6. The number of aromatic hydroxyl groups is 1. The third kappa shape index (κ3) is 5.18. The third-order valence-electron chi connectivity index (χ3n) is 5.57. The fourth-order valence-corrected chi connectivity index (χ4v) is 8.15. The molecule has 1 atom stereocenters. The van der Waals surface area contributed by atoms with Gasteiger partial charge in [0, 0.05) is 28.2 Å². The van der Waals surface area contributed by atoms with Crippen molar-refractivity contribution in [2.24, 2.45) is 5.41 Å². The van der Waals surface area contributed by atoms with E-state index in [-0.39, 0.29) is 27.1 Å². The topological polar surface area (TPSA) is 133 Å². The van der Waals surface area contributed by atoms with E-state index in [1.165, 1.54) is 9.18 Å². The van der Waals surface area contributed by atoms with E-state index in [9.17, 15) is 13.5 Å². The van der Waals surface area contributed by atoms with E-state index in [2.05, 4.69) is 69.2 Å². The molecule has 0 bridgehead atoms. The molecule has 0 spiro atoms. The number of hydrogen-bond donors (Lipinski definition) is 3. The fraction of sp³-hybridized carbons (Fsp3) is 0.455. The Kier molecular flexibility index (Phi) is 7.53. The third-order valence-corrected chi connectivity index (χ3v) is 10.7. The molecular formula is C22H29N7O3S4. The minimum absolute atomic E-state index is 0.0928. The fourth-order valence-electron chi connectivity index (χ4n) is 3.70. The Hall–Kier alpha value is -2.39. The van der Waals surface area contributed by atoms with E-state index < -0.39 is 10.0 Å². The molecule has 0 unspecified atom stereocenters. The molecule has 4 aromatic rings. The molecule has 4 heterocycles. The summed E-state index contributed by atoms with van der Waals surface area (Å²) in [6, 6.07) is 4.09. The number of hydrogen-bond acceptors (Lipinski definition) is 12. The van der Waals surface area contributed by atoms with Crippen LogP contribution >= 0.6 is 34.4 Å². The van der Waals surface area contributed by atoms with E-state index in [0.717, 1.165) is 27.9 Å². The number of sulfonamides is 1. The highest BCUT2D eigenvalue weighted by Crippen LogP contribution is 2.43. The summed E-state index contributed by atoms with van der Waals surface area (Å²) in [5, 5.41) is 19.0. The highest BCUT2D eigenvalue weighted by molar-refractivity contribution is 7.91. The van der Waals surface area contributed by atoms with E-state index in [1.807, 2.05) is 0 Å². The molecule has 0 aliphatic carbocycles. The first kappa shape index (κ1) is 26.7. The van der Waals surface area contributed by atoms with Crippen LogP contribution in [0, 0.1) is 12.3 Å². The molecule has 4 aromatic heterocycles. The van der Waals surface area contributed by atoms with Crippen molar-refractivity contribution in [3.8, 4) is 5.75 Å². The van der Waals surface area contributed by atoms with Crippen LogP contribution in [0.25, 0.3) is 11.3 Å². The van der Waals surface area contributed by atoms with Crippen LogP contribution in [-0.2, 0) is 10.0 Å². The molecule has 0 saturated heterocycles. The maximum absolute atomic E-state index is 13.0. The first-order chi connectivity index (χ1) is 17.0. The Morgan fingerprint density at radius 3 is 2.28 bits per heavy atom. The number of anilines is 3. The highest BCUT2D eigenvalue weighted by atomic mass is 32.2. The lowest BCUT2D eigenvalue weighted by atomic mass is 9.86. The van der Waals surface area contributed by atoms with Crippen LogP contribution in [-0.4, -0.2) is 49.6 Å². The smallest absolute Gasteiger partial charge is 0.256 e. The lowest BCUT2D eigenvalue weighted by molar-refractivity contribution is 0.351. The molecule has 0 aromatic carbocycles. The van der Waals surface area contributed by atoms with E-state index in [1.54, 1.807) is 30.6 Å². The SMILES string of the molecule is CCN(CC)S(=O)(=O)c1scc(Nc2nc3nsnc3nc2N[C@@H](c2ccc(C)s2)C(C)(C)C)c1O. The molecule has 0 amide bonds. The second-order valence-electron chi connectivity index (χ2n) is 9.22. The van der Waals surface area contributed by atoms with Crippen molar-refractivity contribution in [2.45, 2.75) is 51.8 Å². The maximum Gasteiger partial charge on any atom is 0.256 e. The molecule has 0 radical (unpaired) electrons. The molecule has 0 aliphatic heterocycles. The number of fused-ring (bicyclic) bond motifs is 1. The minimum atomic E-state index is -3.82. The Bertz CT molecular complexity index is 1470. The van der Waals surface area contributed by atoms with Crippen LogP contribution in [0.5, 0.6) is 5.75 Å². The van der Waals surface area contributed by atoms with Gasteiger partial charge in [0.15, 0.2) is 21.6 Å². The van der Waals surface area contributed by atoms with Crippen LogP contribution in [0.3, 0.4) is 0 Å². The molecule has 10 nitrogen and oxygen atoms in total. The molecular weight excluding hydrogens is 539 g/mol. The summed E-state index contributed by atoms with van der Waals surface area (Å²) in [5.74, 6) is 0.398. The summed E-state index contributed by atoms with van der Waals surface area (Å²) in [4.78, 5) is 11.6. The van der Waals surface area contributed by atoms with Gasteiger partial charge in [0.1, 0.15) is 0 Å². The number of rotatable bonds is 9. The predicted molar refractivity (Wildman–Crippen MR) is 147 cm³/mol. The van der Waals surface area contributed by atoms with E-state index in [0.29, 0.717) is 36.0 Å². The zero-order chi connectivity index (χ0) is 26.3. The molecule has 14 heteroatoms. The van der Waals surface area contributed by atoms with Gasteiger partial charge in [-0.1, -0.05) is 34.6 Å². The average Bonchev–Trinajstić information content (AvgIpc) is 3.52. The molecule has 3 N–H and O–H groups in total. The first-order valence-electron chi connectivity index (χ1n) is 11.4. The molecule has 4 rings (SSSR count). The van der Waals surface area contributed by atoms with Gasteiger partial charge in [-0.05, 0) is 24.5 Å². The zero-order valence-corrected chi connectivity index (χ0v) is 24.1. The van der Waals surface area contributed by atoms with Gasteiger partial charge in [0.05, 0.1) is 23.5 Å². The molecule has 36 heavy (non-hydrogen) atoms. The minimum Gasteiger partial charge on any atom is -0.504 e. The summed E-state index contributed by atoms with van der Waals surface area (Å²) < 4.78 is 35.6. The molecule has 0 aliphatic rings. The van der Waals surface area contributed by atoms with Crippen molar-refractivity contribution in [1.82, 2.24) is 23.0 Å². The average molecular weight is 568 g/mol. The predicted octanol–water partition coefficient (Wildman–Crippen LogP) is 5.59. The van der Waals surface area contributed by atoms with Gasteiger partial charge in [-0.15, -0.1) is 22.7 Å². The van der Waals surface area contributed by atoms with E-state index in [4.69, 9.17) is 0 Å². The summed E-state index contributed by atoms with van der Waals surface area (Å²) in [7, 11) is -3.82. The van der Waals surface area contributed by atoms with Gasteiger partial charge >= 0.3 is 0 Å². The number of nitrogens with one attached hydrogen (secondary N) is 2. The van der Waals surface area contributed by atoms with Gasteiger partial charge in [0.2, 0.25) is 11.3 Å². The number of aromatic nitrogens is 4. The lowest BCUT2D eigenvalue weighted by Crippen LogP contribution is -2.30. The zero-order valence-electron chi connectivity index (χ0n) is 20.9. The Morgan fingerprint density at radius 1 is 1.08 bits per heavy atom. The molecule has 0 saturated carbocycles. The van der Waals surface area contributed by atoms with Gasteiger partial charge in [-0.3, -0.25) is 0 Å². The molecule has 0 fully saturated rings. The number of aryl methyl sites for hydroxylation is 1. The van der Waals surface area contributed by atoms with Gasteiger partial charge in [0.25, 0.3) is 10.0 Å². The largest absolute Gasteiger partial charge is 0.504 e. The van der Waals surface area contributed by atoms with Crippen LogP contribution in [0.2, 0.25) is 0 Å². The van der Waals surface area contributed by atoms with Crippen molar-refractivity contribution >= 4 is 73.0 Å². The summed E-state index contributed by atoms with van der Waals surface area (Å²) >= 11 is 3.67. The van der Waals surface area contributed by atoms with Crippen LogP contribution < -0.4 is 10.6 Å². The van der Waals surface area contributed by atoms with Crippen molar-refractivity contribution in [2.75, 3.05) is 23.7 Å². The van der Waals surface area contributed by atoms with Crippen molar-refractivity contribution < 1.29 is 13.5 Å². The monoisotopic (exact) mass is 567 g/mol. The van der Waals surface area contributed by atoms with Gasteiger partial charge in [-0.2, -0.15) is 13.1 Å². The van der Waals surface area contributed by atoms with Crippen LogP contribution in [0.15, 0.2) is 21.7 Å². The Balaban J connectivity index is 1.75. The van der Waals surface area contributed by atoms with Gasteiger partial charge < -0.3 is 15.7 Å². The van der Waals surface area contributed by atoms with Gasteiger partial charge in [-0.25, -0.2) is 18.4 Å². The number of thiophene rings is 2. The van der Waals surface area contributed by atoms with Crippen molar-refractivity contribution in [1.29, 1.82) is 0 Å². The second-order valence-corrected chi connectivity index (χ2v) is 14.1. The second kappa shape index (κ2) is 10.2. The normalized spacial score (nSPS) is 13.4.